The summed E-state index contributed by atoms with van der Waals surface area (Å²) < 4.78 is 20.5. The number of hydrogen-bond acceptors (Lipinski definition) is 9. The van der Waals surface area contributed by atoms with Gasteiger partial charge in [0.15, 0.2) is 0 Å². The van der Waals surface area contributed by atoms with Crippen LogP contribution in [0.25, 0.3) is 0 Å². The summed E-state index contributed by atoms with van der Waals surface area (Å²) in [5, 5.41) is 10.2. The van der Waals surface area contributed by atoms with Gasteiger partial charge in [-0.15, -0.1) is 0 Å². The molecule has 10 nitrogen and oxygen atoms in total. The van der Waals surface area contributed by atoms with Gasteiger partial charge in [0.25, 0.3) is 0 Å². The van der Waals surface area contributed by atoms with Gasteiger partial charge in [0, 0.05) is 30.7 Å². The molecule has 242 valence electrons. The van der Waals surface area contributed by atoms with Crippen LogP contribution in [0.1, 0.15) is 31.1 Å². The van der Waals surface area contributed by atoms with Gasteiger partial charge in [-0.05, 0) is 52.3 Å². The predicted molar refractivity (Wildman–Crippen MR) is 178 cm³/mol. The molecule has 0 aliphatic carbocycles. The lowest BCUT2D eigenvalue weighted by Crippen LogP contribution is -2.37. The Balaban J connectivity index is 0.000000187. The lowest BCUT2D eigenvalue weighted by Gasteiger charge is -2.30. The van der Waals surface area contributed by atoms with Crippen molar-refractivity contribution in [2.75, 3.05) is 76.6 Å². The fourth-order valence-electron chi connectivity index (χ4n) is 4.47. The lowest BCUT2D eigenvalue weighted by molar-refractivity contribution is 0.0591. The molecule has 0 amide bonds. The third kappa shape index (κ3) is 9.96. The van der Waals surface area contributed by atoms with Crippen molar-refractivity contribution in [3.05, 3.63) is 90.8 Å². The summed E-state index contributed by atoms with van der Waals surface area (Å²) in [4.78, 5) is 38.1. The molecule has 2 aliphatic rings. The number of halogens is 4. The average Bonchev–Trinajstić information content (AvgIpc) is 3.05. The van der Waals surface area contributed by atoms with Crippen LogP contribution in [-0.2, 0) is 18.9 Å². The fraction of sp³-hybridized carbons (Fsp3) is 0.323. The molecular weight excluding hydrogens is 715 g/mol. The largest absolute Gasteiger partial charge is 0.478 e. The van der Waals surface area contributed by atoms with Gasteiger partial charge in [0.2, 0.25) is 0 Å². The van der Waals surface area contributed by atoms with Crippen LogP contribution in [0.15, 0.2) is 59.1 Å². The Bertz CT molecular complexity index is 1460. The van der Waals surface area contributed by atoms with E-state index in [-0.39, 0.29) is 10.6 Å². The minimum Gasteiger partial charge on any atom is -0.478 e. The highest BCUT2D eigenvalue weighted by Crippen LogP contribution is 2.30. The molecule has 0 spiro atoms. The molecule has 0 aromatic heterocycles. The molecule has 5 rings (SSSR count). The second kappa shape index (κ2) is 18.2. The minimum atomic E-state index is -0.993. The van der Waals surface area contributed by atoms with Gasteiger partial charge < -0.3 is 33.9 Å². The second-order valence-electron chi connectivity index (χ2n) is 9.35. The van der Waals surface area contributed by atoms with Gasteiger partial charge in [-0.3, -0.25) is 0 Å². The van der Waals surface area contributed by atoms with E-state index in [0.29, 0.717) is 70.8 Å². The Hall–Kier alpha value is -3.06. The van der Waals surface area contributed by atoms with Crippen LogP contribution in [-0.4, -0.2) is 89.8 Å². The maximum Gasteiger partial charge on any atom is 0.341 e. The standard InChI is InChI=1S/C12H14ClNO3.C11H12ClNO3.C8H6BrClO2/c1-16-12(15)11-9(13)3-2-4-10(11)14-5-7-17-8-6-14;12-8-2-1-3-9(10(8)11(14)15)13-4-6-16-7-5-13;1-12-8(11)7-5(9)3-2-4-6(7)10/h2-4H,5-8H2,1H3;1-3H,4-7H2,(H,14,15);2-4H,1H3. The van der Waals surface area contributed by atoms with E-state index in [4.69, 9.17) is 54.1 Å². The van der Waals surface area contributed by atoms with Gasteiger partial charge in [-0.25, -0.2) is 14.4 Å². The van der Waals surface area contributed by atoms with E-state index in [1.807, 2.05) is 17.0 Å². The molecular formula is C31H32BrCl3N2O8. The van der Waals surface area contributed by atoms with Gasteiger partial charge in [0.05, 0.1) is 72.7 Å². The zero-order chi connectivity index (χ0) is 32.9. The molecule has 2 heterocycles. The average molecular weight is 747 g/mol. The summed E-state index contributed by atoms with van der Waals surface area (Å²) in [7, 11) is 2.67. The molecule has 1 N–H and O–H groups in total. The summed E-state index contributed by atoms with van der Waals surface area (Å²) in [5.41, 5.74) is 2.45. The molecule has 2 saturated heterocycles. The van der Waals surface area contributed by atoms with Gasteiger partial charge in [-0.2, -0.15) is 0 Å². The molecule has 14 heteroatoms. The van der Waals surface area contributed by atoms with Crippen LogP contribution >= 0.6 is 50.7 Å². The number of rotatable bonds is 5. The van der Waals surface area contributed by atoms with Crippen LogP contribution < -0.4 is 9.80 Å². The number of anilines is 2. The minimum absolute atomic E-state index is 0.172. The zero-order valence-corrected chi connectivity index (χ0v) is 28.4. The molecule has 3 aromatic carbocycles. The number of aromatic carboxylic acids is 1. The van der Waals surface area contributed by atoms with E-state index in [1.165, 1.54) is 14.2 Å². The Labute approximate surface area is 284 Å². The van der Waals surface area contributed by atoms with Crippen molar-refractivity contribution in [3.8, 4) is 0 Å². The summed E-state index contributed by atoms with van der Waals surface area (Å²) in [6.45, 7) is 5.45. The molecule has 45 heavy (non-hydrogen) atoms. The summed E-state index contributed by atoms with van der Waals surface area (Å²) >= 11 is 20.9. The first-order valence-corrected chi connectivity index (χ1v) is 15.6. The normalized spacial score (nSPS) is 14.3. The summed E-state index contributed by atoms with van der Waals surface area (Å²) in [6, 6.07) is 15.7. The van der Waals surface area contributed by atoms with Crippen LogP contribution in [0, 0.1) is 0 Å². The molecule has 0 unspecified atom stereocenters. The fourth-order valence-corrected chi connectivity index (χ4v) is 5.86. The van der Waals surface area contributed by atoms with E-state index in [0.717, 1.165) is 18.8 Å². The highest BCUT2D eigenvalue weighted by Gasteiger charge is 2.22. The molecule has 0 bridgehead atoms. The zero-order valence-electron chi connectivity index (χ0n) is 24.6. The highest BCUT2D eigenvalue weighted by atomic mass is 79.9. The molecule has 2 aliphatic heterocycles. The maximum absolute atomic E-state index is 11.7. The topological polar surface area (TPSA) is 115 Å². The third-order valence-corrected chi connectivity index (χ3v) is 8.25. The number of carbonyl (C=O) groups excluding carboxylic acids is 2. The Morgan fingerprint density at radius 3 is 1.47 bits per heavy atom. The van der Waals surface area contributed by atoms with E-state index in [1.54, 1.807) is 42.5 Å². The second-order valence-corrected chi connectivity index (χ2v) is 11.4. The smallest absolute Gasteiger partial charge is 0.341 e. The Morgan fingerprint density at radius 2 is 1.04 bits per heavy atom. The number of carbonyl (C=O) groups is 3. The number of ether oxygens (including phenoxy) is 4. The number of methoxy groups -OCH3 is 2. The van der Waals surface area contributed by atoms with Gasteiger partial charge >= 0.3 is 17.9 Å². The van der Waals surface area contributed by atoms with Crippen molar-refractivity contribution in [1.82, 2.24) is 0 Å². The monoisotopic (exact) mass is 744 g/mol. The number of benzene rings is 3. The molecule has 0 radical (unpaired) electrons. The quantitative estimate of drug-likeness (QED) is 0.282. The van der Waals surface area contributed by atoms with Crippen LogP contribution in [0.4, 0.5) is 11.4 Å². The van der Waals surface area contributed by atoms with Crippen LogP contribution in [0.5, 0.6) is 0 Å². The van der Waals surface area contributed by atoms with Gasteiger partial charge in [-0.1, -0.05) is 53.0 Å². The summed E-state index contributed by atoms with van der Waals surface area (Å²) in [6.07, 6.45) is 0. The molecule has 3 aromatic rings. The molecule has 0 atom stereocenters. The van der Waals surface area contributed by atoms with E-state index in [2.05, 4.69) is 25.6 Å². The van der Waals surface area contributed by atoms with Crippen molar-refractivity contribution in [2.45, 2.75) is 0 Å². The number of morpholine rings is 2. The Morgan fingerprint density at radius 1 is 0.667 bits per heavy atom. The van der Waals surface area contributed by atoms with Crippen molar-refractivity contribution in [2.24, 2.45) is 0 Å². The van der Waals surface area contributed by atoms with E-state index >= 15 is 0 Å². The van der Waals surface area contributed by atoms with Crippen molar-refractivity contribution < 1.29 is 38.4 Å². The predicted octanol–water partition coefficient (Wildman–Crippen LogP) is 6.73. The van der Waals surface area contributed by atoms with Crippen LogP contribution in [0.3, 0.4) is 0 Å². The first-order chi connectivity index (χ1) is 21.6. The van der Waals surface area contributed by atoms with Crippen molar-refractivity contribution in [3.63, 3.8) is 0 Å². The first kappa shape index (κ1) is 36.4. The van der Waals surface area contributed by atoms with Gasteiger partial charge in [0.1, 0.15) is 11.1 Å². The number of hydrogen-bond donors (Lipinski definition) is 1. The SMILES string of the molecule is COC(=O)c1c(Cl)cccc1Br.COC(=O)c1c(Cl)cccc1N1CCOCC1.O=C(O)c1c(Cl)cccc1N1CCOCC1. The third-order valence-electron chi connectivity index (χ3n) is 6.64. The van der Waals surface area contributed by atoms with Crippen molar-refractivity contribution >= 4 is 80.0 Å². The molecule has 0 saturated carbocycles. The van der Waals surface area contributed by atoms with E-state index in [9.17, 15) is 14.4 Å². The number of carboxylic acid groups (broad SMARTS) is 1. The lowest BCUT2D eigenvalue weighted by atomic mass is 10.1. The number of nitrogens with zero attached hydrogens (tertiary/aromatic N) is 2. The highest BCUT2D eigenvalue weighted by molar-refractivity contribution is 9.10. The first-order valence-electron chi connectivity index (χ1n) is 13.7. The van der Waals surface area contributed by atoms with Crippen LogP contribution in [0.2, 0.25) is 15.1 Å². The van der Waals surface area contributed by atoms with E-state index < -0.39 is 17.9 Å². The number of carboxylic acids is 1. The summed E-state index contributed by atoms with van der Waals surface area (Å²) in [5.74, 6) is -1.84. The maximum atomic E-state index is 11.7. The Kier molecular flexibility index (Phi) is 14.7. The number of esters is 2. The molecule has 2 fully saturated rings. The van der Waals surface area contributed by atoms with Crippen molar-refractivity contribution in [1.29, 1.82) is 0 Å².